The van der Waals surface area contributed by atoms with Gasteiger partial charge in [-0.1, -0.05) is 40.9 Å². The number of methoxy groups -OCH3 is 1. The lowest BCUT2D eigenvalue weighted by Gasteiger charge is -2.14. The van der Waals surface area contributed by atoms with Crippen molar-refractivity contribution in [2.45, 2.75) is 6.61 Å². The fourth-order valence-corrected chi connectivity index (χ4v) is 3.66. The van der Waals surface area contributed by atoms with Gasteiger partial charge < -0.3 is 9.47 Å². The Hall–Kier alpha value is -3.24. The van der Waals surface area contributed by atoms with Crippen molar-refractivity contribution >= 4 is 52.1 Å². The predicted molar refractivity (Wildman–Crippen MR) is 125 cm³/mol. The number of nitriles is 1. The van der Waals surface area contributed by atoms with Gasteiger partial charge in [0.2, 0.25) is 0 Å². The SMILES string of the molecule is COc1cc(/C=C(\C#N)c2ccc(Cl)cc2Cl)cc(Cl)c1OCc1ccc([N+](=O)[O-])cc1. The van der Waals surface area contributed by atoms with Gasteiger partial charge >= 0.3 is 0 Å². The van der Waals surface area contributed by atoms with Crippen molar-refractivity contribution in [3.8, 4) is 17.6 Å². The molecule has 0 aliphatic carbocycles. The van der Waals surface area contributed by atoms with Crippen molar-refractivity contribution < 1.29 is 14.4 Å². The maximum Gasteiger partial charge on any atom is 0.269 e. The van der Waals surface area contributed by atoms with Crippen LogP contribution in [-0.4, -0.2) is 12.0 Å². The lowest BCUT2D eigenvalue weighted by molar-refractivity contribution is -0.384. The molecule has 0 amide bonds. The van der Waals surface area contributed by atoms with Gasteiger partial charge in [0.05, 0.1) is 33.7 Å². The highest BCUT2D eigenvalue weighted by Crippen LogP contribution is 2.38. The van der Waals surface area contributed by atoms with Gasteiger partial charge in [-0.25, -0.2) is 0 Å². The summed E-state index contributed by atoms with van der Waals surface area (Å²) in [7, 11) is 1.47. The van der Waals surface area contributed by atoms with Gasteiger partial charge in [0.15, 0.2) is 11.5 Å². The van der Waals surface area contributed by atoms with Gasteiger partial charge in [-0.05, 0) is 53.6 Å². The van der Waals surface area contributed by atoms with Crippen molar-refractivity contribution in [3.63, 3.8) is 0 Å². The molecule has 0 fully saturated rings. The molecule has 0 atom stereocenters. The Morgan fingerprint density at radius 2 is 1.81 bits per heavy atom. The molecule has 0 aromatic heterocycles. The first-order valence-corrected chi connectivity index (χ1v) is 10.3. The summed E-state index contributed by atoms with van der Waals surface area (Å²) in [6.07, 6.45) is 1.63. The van der Waals surface area contributed by atoms with Crippen LogP contribution in [-0.2, 0) is 6.61 Å². The van der Waals surface area contributed by atoms with Crippen LogP contribution in [0.25, 0.3) is 11.6 Å². The highest BCUT2D eigenvalue weighted by molar-refractivity contribution is 6.36. The van der Waals surface area contributed by atoms with Crippen LogP contribution in [0.4, 0.5) is 5.69 Å². The third-order valence-corrected chi connectivity index (χ3v) is 5.26. The van der Waals surface area contributed by atoms with Crippen LogP contribution in [0.3, 0.4) is 0 Å². The smallest absolute Gasteiger partial charge is 0.269 e. The van der Waals surface area contributed by atoms with Crippen LogP contribution in [0, 0.1) is 21.4 Å². The molecule has 3 aromatic rings. The van der Waals surface area contributed by atoms with Crippen LogP contribution < -0.4 is 9.47 Å². The quantitative estimate of drug-likeness (QED) is 0.151. The molecular weight excluding hydrogens is 475 g/mol. The van der Waals surface area contributed by atoms with E-state index in [1.54, 1.807) is 48.5 Å². The molecule has 162 valence electrons. The standard InChI is InChI=1S/C23H15Cl3N2O4/c1-31-22-10-15(8-16(12-27)19-7-4-17(24)11-20(19)25)9-21(26)23(22)32-13-14-2-5-18(6-3-14)28(29)30/h2-11H,13H2,1H3/b16-8+. The number of nitro benzene ring substituents is 1. The lowest BCUT2D eigenvalue weighted by Crippen LogP contribution is -1.99. The second kappa shape index (κ2) is 10.4. The molecule has 0 saturated carbocycles. The summed E-state index contributed by atoms with van der Waals surface area (Å²) in [5.41, 5.74) is 2.19. The second-order valence-electron chi connectivity index (χ2n) is 6.54. The molecule has 3 aromatic carbocycles. The minimum atomic E-state index is -0.469. The second-order valence-corrected chi connectivity index (χ2v) is 7.79. The van der Waals surface area contributed by atoms with Crippen LogP contribution in [0.2, 0.25) is 15.1 Å². The molecule has 0 heterocycles. The fourth-order valence-electron chi connectivity index (χ4n) is 2.88. The molecule has 0 bridgehead atoms. The molecule has 0 spiro atoms. The first kappa shape index (κ1) is 23.4. The fraction of sp³-hybridized carbons (Fsp3) is 0.0870. The molecule has 32 heavy (non-hydrogen) atoms. The maximum absolute atomic E-state index is 10.8. The summed E-state index contributed by atoms with van der Waals surface area (Å²) >= 11 is 18.6. The highest BCUT2D eigenvalue weighted by Gasteiger charge is 2.14. The number of benzene rings is 3. The summed E-state index contributed by atoms with van der Waals surface area (Å²) in [5, 5.41) is 21.5. The lowest BCUT2D eigenvalue weighted by atomic mass is 10.0. The first-order valence-electron chi connectivity index (χ1n) is 9.13. The number of allylic oxidation sites excluding steroid dienone is 1. The number of nitrogens with zero attached hydrogens (tertiary/aromatic N) is 2. The molecule has 0 unspecified atom stereocenters. The number of hydrogen-bond acceptors (Lipinski definition) is 5. The average Bonchev–Trinajstić information content (AvgIpc) is 2.77. The van der Waals surface area contributed by atoms with Crippen LogP contribution in [0.1, 0.15) is 16.7 Å². The predicted octanol–water partition coefficient (Wildman–Crippen LogP) is 7.21. The van der Waals surface area contributed by atoms with Gasteiger partial charge in [0, 0.05) is 22.7 Å². The zero-order chi connectivity index (χ0) is 23.3. The number of non-ortho nitro benzene ring substituents is 1. The Morgan fingerprint density at radius 3 is 2.41 bits per heavy atom. The average molecular weight is 490 g/mol. The summed E-state index contributed by atoms with van der Waals surface area (Å²) in [5.74, 6) is 0.679. The van der Waals surface area contributed by atoms with Crippen LogP contribution >= 0.6 is 34.8 Å². The minimum absolute atomic E-state index is 0.00501. The normalized spacial score (nSPS) is 11.0. The Balaban J connectivity index is 1.87. The largest absolute Gasteiger partial charge is 0.493 e. The Labute approximate surface area is 199 Å². The number of nitro groups is 1. The third kappa shape index (κ3) is 5.51. The topological polar surface area (TPSA) is 85.4 Å². The molecule has 0 radical (unpaired) electrons. The summed E-state index contributed by atoms with van der Waals surface area (Å²) < 4.78 is 11.2. The number of ether oxygens (including phenoxy) is 2. The molecule has 3 rings (SSSR count). The van der Waals surface area contributed by atoms with E-state index in [-0.39, 0.29) is 17.3 Å². The first-order chi connectivity index (χ1) is 15.3. The monoisotopic (exact) mass is 488 g/mol. The minimum Gasteiger partial charge on any atom is -0.493 e. The van der Waals surface area contributed by atoms with Crippen molar-refractivity contribution in [2.75, 3.05) is 7.11 Å². The van der Waals surface area contributed by atoms with E-state index in [4.69, 9.17) is 44.3 Å². The van der Waals surface area contributed by atoms with E-state index < -0.39 is 4.92 Å². The van der Waals surface area contributed by atoms with E-state index in [9.17, 15) is 15.4 Å². The van der Waals surface area contributed by atoms with Gasteiger partial charge in [-0.15, -0.1) is 0 Å². The van der Waals surface area contributed by atoms with E-state index in [0.29, 0.717) is 38.2 Å². The summed E-state index contributed by atoms with van der Waals surface area (Å²) in [4.78, 5) is 10.3. The summed E-state index contributed by atoms with van der Waals surface area (Å²) in [6.45, 7) is 0.132. The van der Waals surface area contributed by atoms with Gasteiger partial charge in [-0.3, -0.25) is 10.1 Å². The third-order valence-electron chi connectivity index (χ3n) is 4.43. The van der Waals surface area contributed by atoms with Crippen LogP contribution in [0.15, 0.2) is 54.6 Å². The van der Waals surface area contributed by atoms with E-state index in [0.717, 1.165) is 5.56 Å². The van der Waals surface area contributed by atoms with Gasteiger partial charge in [0.25, 0.3) is 5.69 Å². The molecule has 0 aliphatic rings. The molecule has 0 saturated heterocycles. The van der Waals surface area contributed by atoms with Crippen LogP contribution in [0.5, 0.6) is 11.5 Å². The van der Waals surface area contributed by atoms with Crippen molar-refractivity contribution in [3.05, 3.63) is 96.5 Å². The Kier molecular flexibility index (Phi) is 7.60. The molecule has 0 N–H and O–H groups in total. The number of halogens is 3. The maximum atomic E-state index is 10.8. The zero-order valence-electron chi connectivity index (χ0n) is 16.6. The van der Waals surface area contributed by atoms with Crippen molar-refractivity contribution in [2.24, 2.45) is 0 Å². The Morgan fingerprint density at radius 1 is 1.09 bits per heavy atom. The highest BCUT2D eigenvalue weighted by atomic mass is 35.5. The summed E-state index contributed by atoms with van der Waals surface area (Å²) in [6, 6.07) is 16.3. The van der Waals surface area contributed by atoms with E-state index in [2.05, 4.69) is 6.07 Å². The van der Waals surface area contributed by atoms with E-state index in [1.165, 1.54) is 19.2 Å². The molecule has 0 aliphatic heterocycles. The van der Waals surface area contributed by atoms with E-state index >= 15 is 0 Å². The van der Waals surface area contributed by atoms with E-state index in [1.807, 2.05) is 0 Å². The number of rotatable bonds is 7. The van der Waals surface area contributed by atoms with Crippen molar-refractivity contribution in [1.82, 2.24) is 0 Å². The molecular formula is C23H15Cl3N2O4. The number of hydrogen-bond donors (Lipinski definition) is 0. The molecule has 6 nitrogen and oxygen atoms in total. The Bertz CT molecular complexity index is 1240. The van der Waals surface area contributed by atoms with Gasteiger partial charge in [0.1, 0.15) is 6.61 Å². The molecule has 9 heteroatoms. The zero-order valence-corrected chi connectivity index (χ0v) is 18.9. The van der Waals surface area contributed by atoms with Gasteiger partial charge in [-0.2, -0.15) is 5.26 Å². The van der Waals surface area contributed by atoms with Crippen molar-refractivity contribution in [1.29, 1.82) is 5.26 Å².